The lowest BCUT2D eigenvalue weighted by molar-refractivity contribution is -0.139. The molecule has 0 saturated carbocycles. The fourth-order valence-electron chi connectivity index (χ4n) is 5.09. The molecular formula is C32H39N3O6S. The van der Waals surface area contributed by atoms with Crippen LogP contribution in [-0.4, -0.2) is 50.6 Å². The fraction of sp³-hybridized carbons (Fsp3) is 0.406. The van der Waals surface area contributed by atoms with Crippen molar-refractivity contribution in [3.63, 3.8) is 0 Å². The molecular weight excluding hydrogens is 554 g/mol. The first-order chi connectivity index (χ1) is 20.3. The van der Waals surface area contributed by atoms with Gasteiger partial charge in [-0.15, -0.1) is 0 Å². The summed E-state index contributed by atoms with van der Waals surface area (Å²) in [5.41, 5.74) is 3.05. The molecule has 1 aliphatic heterocycles. The van der Waals surface area contributed by atoms with Crippen molar-refractivity contribution in [1.82, 2.24) is 4.57 Å². The molecule has 0 amide bonds. The number of ether oxygens (including phenoxy) is 4. The smallest absolute Gasteiger partial charge is 0.338 e. The topological polar surface area (TPSA) is 91.6 Å². The van der Waals surface area contributed by atoms with E-state index in [9.17, 15) is 9.59 Å². The van der Waals surface area contributed by atoms with Crippen LogP contribution in [0, 0.1) is 0 Å². The molecule has 9 nitrogen and oxygen atoms in total. The minimum Gasteiger partial charge on any atom is -0.496 e. The van der Waals surface area contributed by atoms with E-state index in [0.717, 1.165) is 24.3 Å². The third kappa shape index (κ3) is 6.09. The number of thiazole rings is 1. The molecule has 224 valence electrons. The highest BCUT2D eigenvalue weighted by Crippen LogP contribution is 2.36. The van der Waals surface area contributed by atoms with Gasteiger partial charge in [-0.3, -0.25) is 9.36 Å². The largest absolute Gasteiger partial charge is 0.496 e. The Morgan fingerprint density at radius 3 is 2.33 bits per heavy atom. The maximum atomic E-state index is 14.1. The number of carbonyl (C=O) groups is 1. The number of benzene rings is 2. The van der Waals surface area contributed by atoms with Crippen LogP contribution < -0.4 is 34.0 Å². The van der Waals surface area contributed by atoms with Crippen molar-refractivity contribution in [2.45, 2.75) is 47.6 Å². The third-order valence-electron chi connectivity index (χ3n) is 7.03. The van der Waals surface area contributed by atoms with Gasteiger partial charge in [0.15, 0.2) is 16.3 Å². The molecule has 0 aliphatic carbocycles. The molecule has 42 heavy (non-hydrogen) atoms. The Balaban J connectivity index is 1.92. The summed E-state index contributed by atoms with van der Waals surface area (Å²) < 4.78 is 24.8. The van der Waals surface area contributed by atoms with Crippen LogP contribution in [0.1, 0.15) is 58.7 Å². The number of hydrogen-bond acceptors (Lipinski definition) is 9. The van der Waals surface area contributed by atoms with Crippen molar-refractivity contribution in [3.8, 4) is 17.2 Å². The maximum Gasteiger partial charge on any atom is 0.338 e. The van der Waals surface area contributed by atoms with Crippen LogP contribution in [0.15, 0.2) is 57.5 Å². The summed E-state index contributed by atoms with van der Waals surface area (Å²) in [6.07, 6.45) is 1.82. The van der Waals surface area contributed by atoms with Crippen molar-refractivity contribution in [2.75, 3.05) is 44.9 Å². The molecule has 0 spiro atoms. The summed E-state index contributed by atoms with van der Waals surface area (Å²) in [5.74, 6) is 1.28. The predicted molar refractivity (Wildman–Crippen MR) is 166 cm³/mol. The minimum absolute atomic E-state index is 0.198. The molecule has 2 heterocycles. The van der Waals surface area contributed by atoms with E-state index in [1.807, 2.05) is 50.3 Å². The zero-order valence-corrected chi connectivity index (χ0v) is 26.2. The van der Waals surface area contributed by atoms with E-state index in [0.29, 0.717) is 56.6 Å². The summed E-state index contributed by atoms with van der Waals surface area (Å²) in [6.45, 7) is 14.4. The van der Waals surface area contributed by atoms with Gasteiger partial charge in [-0.25, -0.2) is 9.79 Å². The van der Waals surface area contributed by atoms with Gasteiger partial charge in [0.2, 0.25) is 0 Å². The normalized spacial score (nSPS) is 14.7. The first kappa shape index (κ1) is 30.9. The molecule has 4 rings (SSSR count). The van der Waals surface area contributed by atoms with Crippen LogP contribution in [0.25, 0.3) is 6.08 Å². The van der Waals surface area contributed by atoms with Crippen LogP contribution >= 0.6 is 11.3 Å². The molecule has 0 N–H and O–H groups in total. The predicted octanol–water partition coefficient (Wildman–Crippen LogP) is 4.45. The Kier molecular flexibility index (Phi) is 10.1. The summed E-state index contributed by atoms with van der Waals surface area (Å²) in [4.78, 5) is 34.8. The lowest BCUT2D eigenvalue weighted by Gasteiger charge is -2.25. The van der Waals surface area contributed by atoms with Crippen LogP contribution in [-0.2, 0) is 9.53 Å². The average Bonchev–Trinajstić information content (AvgIpc) is 3.28. The Morgan fingerprint density at radius 2 is 1.69 bits per heavy atom. The molecule has 1 aliphatic rings. The Bertz CT molecular complexity index is 1650. The van der Waals surface area contributed by atoms with Gasteiger partial charge in [-0.2, -0.15) is 0 Å². The van der Waals surface area contributed by atoms with Crippen molar-refractivity contribution in [3.05, 3.63) is 78.5 Å². The molecule has 10 heteroatoms. The van der Waals surface area contributed by atoms with Gasteiger partial charge in [0, 0.05) is 30.4 Å². The second-order valence-corrected chi connectivity index (χ2v) is 10.5. The monoisotopic (exact) mass is 593 g/mol. The van der Waals surface area contributed by atoms with E-state index >= 15 is 0 Å². The van der Waals surface area contributed by atoms with Gasteiger partial charge in [0.05, 0.1) is 48.8 Å². The molecule has 1 aromatic heterocycles. The summed E-state index contributed by atoms with van der Waals surface area (Å²) in [5, 5.41) is 0. The molecule has 1 unspecified atom stereocenters. The van der Waals surface area contributed by atoms with Crippen molar-refractivity contribution < 1.29 is 23.7 Å². The van der Waals surface area contributed by atoms with Gasteiger partial charge < -0.3 is 23.8 Å². The van der Waals surface area contributed by atoms with E-state index in [4.69, 9.17) is 18.9 Å². The van der Waals surface area contributed by atoms with Gasteiger partial charge >= 0.3 is 5.97 Å². The Labute approximate surface area is 250 Å². The SMILES string of the molecule is CCOC(=O)C1=C(C)N=c2sc(=Cc3ccc(N(CC)CC)cc3OC)c(=O)n2C1c1ccc(OCC)c(OCC)c1. The zero-order valence-electron chi connectivity index (χ0n) is 25.4. The second-order valence-electron chi connectivity index (χ2n) is 9.47. The fourth-order valence-corrected chi connectivity index (χ4v) is 6.13. The van der Waals surface area contributed by atoms with E-state index in [-0.39, 0.29) is 12.2 Å². The highest BCUT2D eigenvalue weighted by Gasteiger charge is 2.34. The third-order valence-corrected chi connectivity index (χ3v) is 8.02. The lowest BCUT2D eigenvalue weighted by atomic mass is 9.95. The summed E-state index contributed by atoms with van der Waals surface area (Å²) in [6, 6.07) is 10.7. The maximum absolute atomic E-state index is 14.1. The molecule has 0 bridgehead atoms. The number of methoxy groups -OCH3 is 1. The molecule has 0 radical (unpaired) electrons. The van der Waals surface area contributed by atoms with Crippen LogP contribution in [0.5, 0.6) is 17.2 Å². The number of rotatable bonds is 12. The molecule has 3 aromatic rings. The zero-order chi connectivity index (χ0) is 30.4. The Morgan fingerprint density at radius 1 is 0.976 bits per heavy atom. The number of fused-ring (bicyclic) bond motifs is 1. The summed E-state index contributed by atoms with van der Waals surface area (Å²) >= 11 is 1.27. The van der Waals surface area contributed by atoms with E-state index in [2.05, 4.69) is 23.7 Å². The Hall–Kier alpha value is -4.05. The molecule has 0 fully saturated rings. The number of nitrogens with zero attached hydrogens (tertiary/aromatic N) is 3. The van der Waals surface area contributed by atoms with Crippen LogP contribution in [0.3, 0.4) is 0 Å². The number of anilines is 1. The van der Waals surface area contributed by atoms with Crippen molar-refractivity contribution in [2.24, 2.45) is 4.99 Å². The van der Waals surface area contributed by atoms with Gasteiger partial charge in [-0.1, -0.05) is 17.4 Å². The van der Waals surface area contributed by atoms with Gasteiger partial charge in [0.1, 0.15) is 5.75 Å². The number of hydrogen-bond donors (Lipinski definition) is 0. The minimum atomic E-state index is -0.760. The van der Waals surface area contributed by atoms with Gasteiger partial charge in [0.25, 0.3) is 5.56 Å². The van der Waals surface area contributed by atoms with E-state index in [1.54, 1.807) is 31.6 Å². The lowest BCUT2D eigenvalue weighted by Crippen LogP contribution is -2.40. The number of carbonyl (C=O) groups excluding carboxylic acids is 1. The first-order valence-corrected chi connectivity index (χ1v) is 15.1. The molecule has 2 aromatic carbocycles. The number of esters is 1. The highest BCUT2D eigenvalue weighted by molar-refractivity contribution is 7.07. The number of allylic oxidation sites excluding steroid dienone is 1. The first-order valence-electron chi connectivity index (χ1n) is 14.3. The van der Waals surface area contributed by atoms with Crippen LogP contribution in [0.4, 0.5) is 5.69 Å². The second kappa shape index (κ2) is 13.7. The average molecular weight is 594 g/mol. The quantitative estimate of drug-likeness (QED) is 0.287. The summed E-state index contributed by atoms with van der Waals surface area (Å²) in [7, 11) is 1.62. The standard InChI is InChI=1S/C32H39N3O6S/c1-8-34(9-2)23-15-13-21(25(19-23)38-7)18-27-30(36)35-29(22-14-16-24(39-10-3)26(17-22)40-11-4)28(31(37)41-12-5)20(6)33-32(35)42-27/h13-19,29H,8-12H2,1-7H3. The van der Waals surface area contributed by atoms with Crippen LogP contribution in [0.2, 0.25) is 0 Å². The molecule has 1 atom stereocenters. The van der Waals surface area contributed by atoms with E-state index < -0.39 is 12.0 Å². The number of aromatic nitrogens is 1. The van der Waals surface area contributed by atoms with Gasteiger partial charge in [-0.05, 0) is 77.4 Å². The van der Waals surface area contributed by atoms with Crippen molar-refractivity contribution >= 4 is 29.1 Å². The van der Waals surface area contributed by atoms with Crippen molar-refractivity contribution in [1.29, 1.82) is 0 Å². The van der Waals surface area contributed by atoms with E-state index in [1.165, 1.54) is 11.3 Å². The highest BCUT2D eigenvalue weighted by atomic mass is 32.1. The molecule has 0 saturated heterocycles.